The largest absolute Gasteiger partial charge is 0.663 e. The molecule has 14 heavy (non-hydrogen) atoms. The van der Waals surface area contributed by atoms with Crippen molar-refractivity contribution in [2.45, 2.75) is 6.92 Å². The number of anilines is 1. The Kier molecular flexibility index (Phi) is 3.95. The third-order valence-electron chi connectivity index (χ3n) is 1.47. The third kappa shape index (κ3) is 3.79. The van der Waals surface area contributed by atoms with E-state index in [1.165, 1.54) is 0 Å². The number of nitrogens with two attached hydrogens (primary N) is 1. The molecule has 1 aromatic rings. The highest BCUT2D eigenvalue weighted by molar-refractivity contribution is 7.80. The molecular formula is C8H10N2O2PS+. The van der Waals surface area contributed by atoms with Crippen LogP contribution in [0.5, 0.6) is 0 Å². The fourth-order valence-electron chi connectivity index (χ4n) is 0.859. The molecule has 0 saturated carbocycles. The van der Waals surface area contributed by atoms with E-state index in [1.807, 2.05) is 31.2 Å². The van der Waals surface area contributed by atoms with Crippen LogP contribution in [0.3, 0.4) is 0 Å². The van der Waals surface area contributed by atoms with Crippen LogP contribution in [0.2, 0.25) is 0 Å². The van der Waals surface area contributed by atoms with E-state index in [2.05, 4.69) is 9.84 Å². The van der Waals surface area contributed by atoms with Gasteiger partial charge >= 0.3 is 13.4 Å². The van der Waals surface area contributed by atoms with Gasteiger partial charge in [0, 0.05) is 10.3 Å². The summed E-state index contributed by atoms with van der Waals surface area (Å²) >= 11 is 4.75. The summed E-state index contributed by atoms with van der Waals surface area (Å²) in [6.07, 6.45) is 0. The van der Waals surface area contributed by atoms with Crippen molar-refractivity contribution in [2.24, 2.45) is 5.50 Å². The summed E-state index contributed by atoms with van der Waals surface area (Å²) in [7, 11) is -2.20. The quantitative estimate of drug-likeness (QED) is 0.602. The van der Waals surface area contributed by atoms with Crippen LogP contribution < -0.4 is 10.8 Å². The van der Waals surface area contributed by atoms with Crippen LogP contribution in [0.15, 0.2) is 24.3 Å². The lowest BCUT2D eigenvalue weighted by molar-refractivity contribution is 0.508. The summed E-state index contributed by atoms with van der Waals surface area (Å²) < 4.78 is 15.1. The molecule has 0 saturated heterocycles. The van der Waals surface area contributed by atoms with Crippen molar-refractivity contribution in [3.63, 3.8) is 0 Å². The van der Waals surface area contributed by atoms with E-state index in [0.29, 0.717) is 0 Å². The zero-order valence-electron chi connectivity index (χ0n) is 7.56. The van der Waals surface area contributed by atoms with Gasteiger partial charge in [0.1, 0.15) is 0 Å². The topological polar surface area (TPSA) is 64.3 Å². The number of nitrogens with one attached hydrogen (secondary N) is 1. The van der Waals surface area contributed by atoms with Crippen molar-refractivity contribution in [3.8, 4) is 0 Å². The molecule has 0 bridgehead atoms. The summed E-state index contributed by atoms with van der Waals surface area (Å²) in [6, 6.07) is 7.53. The smallest absolute Gasteiger partial charge is 0.312 e. The van der Waals surface area contributed by atoms with Gasteiger partial charge in [-0.25, -0.2) is 4.52 Å². The predicted octanol–water partition coefficient (Wildman–Crippen LogP) is 2.32. The van der Waals surface area contributed by atoms with Crippen LogP contribution in [0, 0.1) is 6.92 Å². The lowest BCUT2D eigenvalue weighted by Gasteiger charge is -2.01. The van der Waals surface area contributed by atoms with E-state index in [9.17, 15) is 4.57 Å². The highest BCUT2D eigenvalue weighted by Gasteiger charge is 2.13. The SMILES string of the molecule is Cc1ccc(NC(=S)O[P+](N)=O)cc1. The second-order valence-electron chi connectivity index (χ2n) is 2.66. The van der Waals surface area contributed by atoms with Crippen LogP contribution in [-0.4, -0.2) is 5.17 Å². The van der Waals surface area contributed by atoms with Crippen LogP contribution in [0.25, 0.3) is 0 Å². The first-order valence-electron chi connectivity index (χ1n) is 3.85. The van der Waals surface area contributed by atoms with Gasteiger partial charge in [-0.05, 0) is 31.3 Å². The summed E-state index contributed by atoms with van der Waals surface area (Å²) in [4.78, 5) is 0. The van der Waals surface area contributed by atoms with E-state index < -0.39 is 8.18 Å². The second kappa shape index (κ2) is 5.00. The molecule has 0 aliphatic carbocycles. The molecule has 3 N–H and O–H groups in total. The Hall–Kier alpha value is -1.03. The molecule has 4 nitrogen and oxygen atoms in total. The number of benzene rings is 1. The highest BCUT2D eigenvalue weighted by Crippen LogP contribution is 2.14. The summed E-state index contributed by atoms with van der Waals surface area (Å²) in [6.45, 7) is 1.98. The molecule has 0 fully saturated rings. The molecule has 1 rings (SSSR count). The Morgan fingerprint density at radius 3 is 2.57 bits per heavy atom. The fourth-order valence-corrected chi connectivity index (χ4v) is 1.41. The van der Waals surface area contributed by atoms with Gasteiger partial charge < -0.3 is 5.32 Å². The van der Waals surface area contributed by atoms with Crippen molar-refractivity contribution < 1.29 is 9.09 Å². The number of thiocarbonyl (C=S) groups is 1. The molecule has 0 amide bonds. The predicted molar refractivity (Wildman–Crippen MR) is 60.3 cm³/mol. The lowest BCUT2D eigenvalue weighted by atomic mass is 10.2. The number of rotatable bonds is 2. The van der Waals surface area contributed by atoms with E-state index in [-0.39, 0.29) is 5.17 Å². The van der Waals surface area contributed by atoms with Gasteiger partial charge in [0.2, 0.25) is 0 Å². The maximum absolute atomic E-state index is 10.5. The molecule has 0 aliphatic rings. The highest BCUT2D eigenvalue weighted by atomic mass is 32.1. The minimum Gasteiger partial charge on any atom is -0.312 e. The average Bonchev–Trinajstić information content (AvgIpc) is 2.07. The zero-order chi connectivity index (χ0) is 10.6. The molecule has 6 heteroatoms. The first-order chi connectivity index (χ1) is 6.58. The molecule has 1 unspecified atom stereocenters. The molecule has 74 valence electrons. The molecular weight excluding hydrogens is 219 g/mol. The van der Waals surface area contributed by atoms with Crippen molar-refractivity contribution in [3.05, 3.63) is 29.8 Å². The number of aryl methyl sites for hydroxylation is 1. The standard InChI is InChI=1S/C8H9N2O2PS/c1-6-2-4-7(5-3-6)10-8(14)12-13(9)11/h2-5H,1H3,(H2-,9,10,11,14)/p+1. The Morgan fingerprint density at radius 2 is 2.07 bits per heavy atom. The van der Waals surface area contributed by atoms with Crippen molar-refractivity contribution in [1.82, 2.24) is 0 Å². The van der Waals surface area contributed by atoms with E-state index >= 15 is 0 Å². The maximum Gasteiger partial charge on any atom is 0.663 e. The van der Waals surface area contributed by atoms with Crippen LogP contribution in [0.4, 0.5) is 5.69 Å². The minimum atomic E-state index is -2.20. The third-order valence-corrected chi connectivity index (χ3v) is 2.14. The normalized spacial score (nSPS) is 10.6. The van der Waals surface area contributed by atoms with Crippen LogP contribution in [-0.2, 0) is 9.09 Å². The molecule has 0 heterocycles. The Balaban J connectivity index is 2.56. The van der Waals surface area contributed by atoms with Gasteiger partial charge in [0.25, 0.3) is 0 Å². The van der Waals surface area contributed by atoms with Crippen molar-refractivity contribution in [1.29, 1.82) is 0 Å². The average molecular weight is 229 g/mol. The van der Waals surface area contributed by atoms with E-state index in [1.54, 1.807) is 0 Å². The number of hydrogen-bond acceptors (Lipinski definition) is 3. The van der Waals surface area contributed by atoms with Crippen LogP contribution in [0.1, 0.15) is 5.56 Å². The molecule has 0 aromatic heterocycles. The maximum atomic E-state index is 10.5. The molecule has 1 atom stereocenters. The van der Waals surface area contributed by atoms with Gasteiger partial charge in [-0.15, -0.1) is 0 Å². The Labute approximate surface area is 88.4 Å². The first kappa shape index (κ1) is 11.0. The number of hydrogen-bond donors (Lipinski definition) is 2. The monoisotopic (exact) mass is 229 g/mol. The molecule has 1 aromatic carbocycles. The molecule has 0 radical (unpaired) electrons. The fraction of sp³-hybridized carbons (Fsp3) is 0.125. The summed E-state index contributed by atoms with van der Waals surface area (Å²) in [5.41, 5.74) is 6.85. The van der Waals surface area contributed by atoms with Gasteiger partial charge in [-0.1, -0.05) is 23.2 Å². The van der Waals surface area contributed by atoms with Crippen molar-refractivity contribution >= 4 is 31.3 Å². The Morgan fingerprint density at radius 1 is 1.50 bits per heavy atom. The second-order valence-corrected chi connectivity index (χ2v) is 3.78. The minimum absolute atomic E-state index is 0.0115. The lowest BCUT2D eigenvalue weighted by Crippen LogP contribution is -2.10. The van der Waals surface area contributed by atoms with E-state index in [4.69, 9.17) is 17.7 Å². The van der Waals surface area contributed by atoms with Gasteiger partial charge in [0.05, 0.1) is 0 Å². The zero-order valence-corrected chi connectivity index (χ0v) is 9.27. The van der Waals surface area contributed by atoms with Gasteiger partial charge in [-0.2, -0.15) is 0 Å². The van der Waals surface area contributed by atoms with Crippen molar-refractivity contribution in [2.75, 3.05) is 5.32 Å². The Bertz CT molecular complexity index is 353. The molecule has 0 aliphatic heterocycles. The summed E-state index contributed by atoms with van der Waals surface area (Å²) in [5.74, 6) is 0. The van der Waals surface area contributed by atoms with Crippen LogP contribution >= 0.6 is 20.4 Å². The van der Waals surface area contributed by atoms with Gasteiger partial charge in [-0.3, -0.25) is 0 Å². The van der Waals surface area contributed by atoms with E-state index in [0.717, 1.165) is 11.3 Å². The van der Waals surface area contributed by atoms with Gasteiger partial charge in [0.15, 0.2) is 0 Å². The molecule has 0 spiro atoms. The first-order valence-corrected chi connectivity index (χ1v) is 5.51. The summed E-state index contributed by atoms with van der Waals surface area (Å²) in [5, 5.41) is 2.76.